The predicted molar refractivity (Wildman–Crippen MR) is 80.0 cm³/mol. The van der Waals surface area contributed by atoms with Gasteiger partial charge in [-0.25, -0.2) is 4.39 Å². The van der Waals surface area contributed by atoms with Gasteiger partial charge in [0.1, 0.15) is 5.82 Å². The molecule has 0 N–H and O–H groups in total. The second-order valence-corrected chi connectivity index (χ2v) is 5.49. The smallest absolute Gasteiger partial charge is 0.124 e. The molecule has 4 heteroatoms. The molecule has 0 aliphatic rings. The minimum atomic E-state index is -0.331. The topological polar surface area (TPSA) is 0 Å². The van der Waals surface area contributed by atoms with Crippen molar-refractivity contribution in [3.63, 3.8) is 0 Å². The van der Waals surface area contributed by atoms with Gasteiger partial charge < -0.3 is 0 Å². The first kappa shape index (κ1) is 14.6. The van der Waals surface area contributed by atoms with Crippen LogP contribution < -0.4 is 0 Å². The van der Waals surface area contributed by atoms with E-state index in [1.807, 2.05) is 24.3 Å². The Kier molecular flexibility index (Phi) is 5.09. The van der Waals surface area contributed by atoms with Gasteiger partial charge in [-0.3, -0.25) is 0 Å². The Balaban J connectivity index is 2.21. The molecule has 19 heavy (non-hydrogen) atoms. The summed E-state index contributed by atoms with van der Waals surface area (Å²) < 4.78 is 13.0. The first-order valence-electron chi connectivity index (χ1n) is 5.85. The highest BCUT2D eigenvalue weighted by atomic mass is 35.5. The summed E-state index contributed by atoms with van der Waals surface area (Å²) in [6, 6.07) is 12.0. The van der Waals surface area contributed by atoms with Gasteiger partial charge in [-0.05, 0) is 41.8 Å². The molecule has 0 spiro atoms. The summed E-state index contributed by atoms with van der Waals surface area (Å²) in [5.74, 6) is 0.263. The molecule has 0 fully saturated rings. The Hall–Kier alpha value is -0.760. The SMILES string of the molecule is Fc1ccc(CC(CCl)c2ccc(Cl)cc2)c(Cl)c1. The Bertz CT molecular complexity index is 552. The maximum absolute atomic E-state index is 13.0. The summed E-state index contributed by atoms with van der Waals surface area (Å²) in [7, 11) is 0. The van der Waals surface area contributed by atoms with Gasteiger partial charge in [-0.2, -0.15) is 0 Å². The van der Waals surface area contributed by atoms with Crippen molar-refractivity contribution in [2.75, 3.05) is 5.88 Å². The highest BCUT2D eigenvalue weighted by Gasteiger charge is 2.13. The number of benzene rings is 2. The largest absolute Gasteiger partial charge is 0.207 e. The van der Waals surface area contributed by atoms with Crippen molar-refractivity contribution in [2.24, 2.45) is 0 Å². The zero-order valence-corrected chi connectivity index (χ0v) is 12.3. The molecule has 0 amide bonds. The third kappa shape index (κ3) is 3.85. The maximum Gasteiger partial charge on any atom is 0.124 e. The van der Waals surface area contributed by atoms with E-state index < -0.39 is 0 Å². The van der Waals surface area contributed by atoms with Crippen LogP contribution in [0, 0.1) is 5.82 Å². The van der Waals surface area contributed by atoms with Crippen molar-refractivity contribution in [3.8, 4) is 0 Å². The average Bonchev–Trinajstić information content (AvgIpc) is 2.39. The number of halogens is 4. The van der Waals surface area contributed by atoms with Crippen molar-refractivity contribution in [1.82, 2.24) is 0 Å². The molecule has 2 aromatic rings. The van der Waals surface area contributed by atoms with Gasteiger partial charge in [-0.15, -0.1) is 11.6 Å². The van der Waals surface area contributed by atoms with Gasteiger partial charge in [0.05, 0.1) is 0 Å². The summed E-state index contributed by atoms with van der Waals surface area (Å²) in [5.41, 5.74) is 1.99. The van der Waals surface area contributed by atoms with Crippen LogP contribution in [0.25, 0.3) is 0 Å². The van der Waals surface area contributed by atoms with E-state index in [0.717, 1.165) is 11.1 Å². The molecule has 100 valence electrons. The molecule has 0 heterocycles. The van der Waals surface area contributed by atoms with E-state index in [4.69, 9.17) is 34.8 Å². The van der Waals surface area contributed by atoms with Gasteiger partial charge in [0.15, 0.2) is 0 Å². The standard InChI is InChI=1S/C15H12Cl3F/c16-9-12(10-1-4-13(17)5-2-10)7-11-3-6-14(19)8-15(11)18/h1-6,8,12H,7,9H2. The fourth-order valence-electron chi connectivity index (χ4n) is 1.95. The fourth-order valence-corrected chi connectivity index (χ4v) is 2.61. The third-order valence-corrected chi connectivity index (χ3v) is 3.99. The molecule has 1 atom stereocenters. The van der Waals surface area contributed by atoms with E-state index >= 15 is 0 Å². The van der Waals surface area contributed by atoms with Gasteiger partial charge in [0.2, 0.25) is 0 Å². The first-order valence-corrected chi connectivity index (χ1v) is 7.14. The van der Waals surface area contributed by atoms with Crippen LogP contribution >= 0.6 is 34.8 Å². The third-order valence-electron chi connectivity index (χ3n) is 3.01. The van der Waals surface area contributed by atoms with E-state index in [1.54, 1.807) is 6.07 Å². The highest BCUT2D eigenvalue weighted by molar-refractivity contribution is 6.31. The fraction of sp³-hybridized carbons (Fsp3) is 0.200. The molecular formula is C15H12Cl3F. The Morgan fingerprint density at radius 2 is 1.68 bits per heavy atom. The quantitative estimate of drug-likeness (QED) is 0.635. The second-order valence-electron chi connectivity index (χ2n) is 4.34. The van der Waals surface area contributed by atoms with Crippen LogP contribution in [0.5, 0.6) is 0 Å². The molecule has 0 radical (unpaired) electrons. The lowest BCUT2D eigenvalue weighted by molar-refractivity contribution is 0.626. The summed E-state index contributed by atoms with van der Waals surface area (Å²) in [6.45, 7) is 0. The van der Waals surface area contributed by atoms with E-state index in [2.05, 4.69) is 0 Å². The van der Waals surface area contributed by atoms with Crippen LogP contribution in [0.1, 0.15) is 17.0 Å². The minimum absolute atomic E-state index is 0.127. The predicted octanol–water partition coefficient (Wildman–Crippen LogP) is 5.70. The van der Waals surface area contributed by atoms with Gasteiger partial charge in [-0.1, -0.05) is 41.4 Å². The molecule has 0 aromatic heterocycles. The van der Waals surface area contributed by atoms with Gasteiger partial charge in [0.25, 0.3) is 0 Å². The monoisotopic (exact) mass is 316 g/mol. The van der Waals surface area contributed by atoms with Crippen molar-refractivity contribution in [1.29, 1.82) is 0 Å². The zero-order chi connectivity index (χ0) is 13.8. The maximum atomic E-state index is 13.0. The van der Waals surface area contributed by atoms with Crippen LogP contribution in [0.3, 0.4) is 0 Å². The van der Waals surface area contributed by atoms with E-state index in [-0.39, 0.29) is 11.7 Å². The molecule has 1 unspecified atom stereocenters. The normalized spacial score (nSPS) is 12.4. The molecule has 2 rings (SSSR count). The summed E-state index contributed by atoms with van der Waals surface area (Å²) >= 11 is 17.9. The molecule has 0 saturated carbocycles. The number of rotatable bonds is 4. The van der Waals surface area contributed by atoms with Crippen LogP contribution in [0.4, 0.5) is 4.39 Å². The van der Waals surface area contributed by atoms with Crippen molar-refractivity contribution >= 4 is 34.8 Å². The van der Waals surface area contributed by atoms with Crippen LogP contribution in [-0.2, 0) is 6.42 Å². The second kappa shape index (κ2) is 6.60. The molecule has 0 aliphatic carbocycles. The minimum Gasteiger partial charge on any atom is -0.207 e. The lowest BCUT2D eigenvalue weighted by atomic mass is 9.93. The van der Waals surface area contributed by atoms with Crippen molar-refractivity contribution in [3.05, 3.63) is 69.5 Å². The van der Waals surface area contributed by atoms with Crippen LogP contribution in [0.15, 0.2) is 42.5 Å². The summed E-state index contributed by atoms with van der Waals surface area (Å²) in [6.07, 6.45) is 0.671. The Morgan fingerprint density at radius 3 is 2.26 bits per heavy atom. The first-order chi connectivity index (χ1) is 9.10. The molecule has 0 aliphatic heterocycles. The lowest BCUT2D eigenvalue weighted by Gasteiger charge is -2.15. The Morgan fingerprint density at radius 1 is 1.00 bits per heavy atom. The van der Waals surface area contributed by atoms with E-state index in [1.165, 1.54) is 12.1 Å². The number of alkyl halides is 1. The van der Waals surface area contributed by atoms with Gasteiger partial charge in [0, 0.05) is 21.8 Å². The molecule has 0 bridgehead atoms. The Labute approximate surface area is 127 Å². The zero-order valence-electron chi connectivity index (χ0n) is 10.0. The summed E-state index contributed by atoms with van der Waals surface area (Å²) in [5, 5.41) is 1.13. The van der Waals surface area contributed by atoms with E-state index in [0.29, 0.717) is 22.3 Å². The molecule has 2 aromatic carbocycles. The number of hydrogen-bond acceptors (Lipinski definition) is 0. The van der Waals surface area contributed by atoms with Crippen molar-refractivity contribution < 1.29 is 4.39 Å². The molecular weight excluding hydrogens is 306 g/mol. The highest BCUT2D eigenvalue weighted by Crippen LogP contribution is 2.27. The lowest BCUT2D eigenvalue weighted by Crippen LogP contribution is -2.05. The van der Waals surface area contributed by atoms with E-state index in [9.17, 15) is 4.39 Å². The molecule has 0 saturated heterocycles. The number of hydrogen-bond donors (Lipinski definition) is 0. The average molecular weight is 318 g/mol. The van der Waals surface area contributed by atoms with Gasteiger partial charge >= 0.3 is 0 Å². The summed E-state index contributed by atoms with van der Waals surface area (Å²) in [4.78, 5) is 0. The van der Waals surface area contributed by atoms with Crippen LogP contribution in [-0.4, -0.2) is 5.88 Å². The van der Waals surface area contributed by atoms with Crippen molar-refractivity contribution in [2.45, 2.75) is 12.3 Å². The molecule has 0 nitrogen and oxygen atoms in total. The van der Waals surface area contributed by atoms with Crippen LogP contribution in [0.2, 0.25) is 10.0 Å².